The molecule has 2 aliphatic rings. The fourth-order valence-electron chi connectivity index (χ4n) is 4.34. The number of fused-ring (bicyclic) bond motifs is 1. The Morgan fingerprint density at radius 2 is 1.88 bits per heavy atom. The van der Waals surface area contributed by atoms with Crippen molar-refractivity contribution in [2.45, 2.75) is 37.3 Å². The summed E-state index contributed by atoms with van der Waals surface area (Å²) in [5, 5.41) is 0. The van der Waals surface area contributed by atoms with Gasteiger partial charge >= 0.3 is 0 Å². The molecule has 0 spiro atoms. The lowest BCUT2D eigenvalue weighted by molar-refractivity contribution is -0.123. The summed E-state index contributed by atoms with van der Waals surface area (Å²) in [6, 6.07) is 15.1. The van der Waals surface area contributed by atoms with E-state index in [-0.39, 0.29) is 29.7 Å². The van der Waals surface area contributed by atoms with Crippen molar-refractivity contribution in [3.8, 4) is 0 Å². The molecule has 2 unspecified atom stereocenters. The molecule has 2 N–H and O–H groups in total. The van der Waals surface area contributed by atoms with E-state index in [0.717, 1.165) is 24.9 Å². The molecule has 2 aromatic rings. The minimum atomic E-state index is -0.260. The molecule has 1 aliphatic carbocycles. The normalized spacial score (nSPS) is 26.5. The highest BCUT2D eigenvalue weighted by Crippen LogP contribution is 2.43. The van der Waals surface area contributed by atoms with Crippen LogP contribution in [0.5, 0.6) is 0 Å². The van der Waals surface area contributed by atoms with Crippen LogP contribution in [0.1, 0.15) is 41.5 Å². The number of rotatable bonds is 3. The van der Waals surface area contributed by atoms with Gasteiger partial charge in [-0.1, -0.05) is 36.4 Å². The minimum Gasteiger partial charge on any atom is -0.368 e. The molecule has 3 nitrogen and oxygen atoms in total. The van der Waals surface area contributed by atoms with Crippen molar-refractivity contribution in [1.29, 1.82) is 0 Å². The molecule has 1 fully saturated rings. The Bertz CT molecular complexity index is 758. The van der Waals surface area contributed by atoms with Crippen LogP contribution < -0.4 is 5.73 Å². The first-order valence-corrected chi connectivity index (χ1v) is 8.52. The van der Waals surface area contributed by atoms with Gasteiger partial charge in [0.1, 0.15) is 5.82 Å². The van der Waals surface area contributed by atoms with Crippen LogP contribution in [0.3, 0.4) is 0 Å². The van der Waals surface area contributed by atoms with Crippen LogP contribution in [0.2, 0.25) is 0 Å². The highest BCUT2D eigenvalue weighted by atomic mass is 19.1. The summed E-state index contributed by atoms with van der Waals surface area (Å²) in [7, 11) is 0. The third-order valence-electron chi connectivity index (χ3n) is 5.51. The Balaban J connectivity index is 1.62. The summed E-state index contributed by atoms with van der Waals surface area (Å²) < 4.78 is 13.2. The second-order valence-electron chi connectivity index (χ2n) is 6.85. The Hall–Kier alpha value is -2.20. The molecule has 1 amide bonds. The van der Waals surface area contributed by atoms with E-state index in [4.69, 9.17) is 5.73 Å². The van der Waals surface area contributed by atoms with Gasteiger partial charge < -0.3 is 5.73 Å². The van der Waals surface area contributed by atoms with Crippen molar-refractivity contribution >= 4 is 5.91 Å². The van der Waals surface area contributed by atoms with E-state index in [1.165, 1.54) is 23.3 Å². The number of nitrogens with two attached hydrogens (primary N) is 1. The predicted molar refractivity (Wildman–Crippen MR) is 91.0 cm³/mol. The van der Waals surface area contributed by atoms with Crippen LogP contribution in [0.25, 0.3) is 0 Å². The third-order valence-corrected chi connectivity index (χ3v) is 5.51. The number of aryl methyl sites for hydroxylation is 1. The van der Waals surface area contributed by atoms with Gasteiger partial charge in [-0.05, 0) is 54.0 Å². The highest BCUT2D eigenvalue weighted by Gasteiger charge is 2.42. The lowest BCUT2D eigenvalue weighted by Gasteiger charge is -2.29. The Labute approximate surface area is 141 Å². The van der Waals surface area contributed by atoms with E-state index in [9.17, 15) is 9.18 Å². The van der Waals surface area contributed by atoms with Crippen LogP contribution in [0.15, 0.2) is 48.5 Å². The Kier molecular flexibility index (Phi) is 3.85. The van der Waals surface area contributed by atoms with Gasteiger partial charge in [-0.15, -0.1) is 0 Å². The maximum absolute atomic E-state index is 13.2. The van der Waals surface area contributed by atoms with Crippen molar-refractivity contribution in [3.63, 3.8) is 0 Å². The quantitative estimate of drug-likeness (QED) is 0.943. The summed E-state index contributed by atoms with van der Waals surface area (Å²) in [5.74, 6) is -0.273. The van der Waals surface area contributed by atoms with Gasteiger partial charge in [-0.25, -0.2) is 4.39 Å². The maximum Gasteiger partial charge on any atom is 0.234 e. The second-order valence-corrected chi connectivity index (χ2v) is 6.85. The number of carbonyl (C=O) groups excluding carboxylic acids is 1. The number of hydrogen-bond acceptors (Lipinski definition) is 2. The average molecular weight is 324 g/mol. The predicted octanol–water partition coefficient (Wildman–Crippen LogP) is 3.16. The summed E-state index contributed by atoms with van der Waals surface area (Å²) in [6.45, 7) is 0.790. The Morgan fingerprint density at radius 1 is 1.12 bits per heavy atom. The monoisotopic (exact) mass is 324 g/mol. The first kappa shape index (κ1) is 15.3. The molecule has 2 aromatic carbocycles. The van der Waals surface area contributed by atoms with Gasteiger partial charge in [0.2, 0.25) is 5.91 Å². The number of hydrogen-bond donors (Lipinski definition) is 1. The zero-order chi connectivity index (χ0) is 16.7. The van der Waals surface area contributed by atoms with Crippen molar-refractivity contribution in [2.75, 3.05) is 6.54 Å². The highest BCUT2D eigenvalue weighted by molar-refractivity contribution is 5.80. The maximum atomic E-state index is 13.2. The lowest BCUT2D eigenvalue weighted by Crippen LogP contribution is -2.41. The van der Waals surface area contributed by atoms with Crippen LogP contribution in [0.4, 0.5) is 4.39 Å². The molecule has 1 saturated heterocycles. The van der Waals surface area contributed by atoms with E-state index < -0.39 is 0 Å². The fraction of sp³-hybridized carbons (Fsp3) is 0.350. The largest absolute Gasteiger partial charge is 0.368 e. The molecule has 4 rings (SSSR count). The van der Waals surface area contributed by atoms with Gasteiger partial charge in [0.15, 0.2) is 0 Å². The van der Waals surface area contributed by atoms with Crippen LogP contribution in [-0.2, 0) is 11.2 Å². The molecule has 0 bridgehead atoms. The molecular formula is C20H21FN2O. The minimum absolute atomic E-state index is 0.218. The zero-order valence-corrected chi connectivity index (χ0v) is 13.5. The Morgan fingerprint density at radius 3 is 2.62 bits per heavy atom. The van der Waals surface area contributed by atoms with Crippen molar-refractivity contribution in [2.24, 2.45) is 5.73 Å². The number of carbonyl (C=O) groups is 1. The average Bonchev–Trinajstić information content (AvgIpc) is 3.19. The summed E-state index contributed by atoms with van der Waals surface area (Å²) in [6.07, 6.45) is 2.78. The van der Waals surface area contributed by atoms with Crippen molar-refractivity contribution < 1.29 is 9.18 Å². The van der Waals surface area contributed by atoms with Gasteiger partial charge in [0, 0.05) is 12.6 Å². The number of halogens is 1. The summed E-state index contributed by atoms with van der Waals surface area (Å²) >= 11 is 0. The molecule has 0 aromatic heterocycles. The van der Waals surface area contributed by atoms with Crippen LogP contribution >= 0.6 is 0 Å². The molecule has 1 heterocycles. The topological polar surface area (TPSA) is 46.3 Å². The van der Waals surface area contributed by atoms with Gasteiger partial charge in [0.25, 0.3) is 0 Å². The number of likely N-dealkylation sites (tertiary alicyclic amines) is 1. The zero-order valence-electron chi connectivity index (χ0n) is 13.5. The molecule has 124 valence electrons. The molecule has 1 aliphatic heterocycles. The van der Waals surface area contributed by atoms with E-state index in [1.807, 2.05) is 12.1 Å². The molecular weight excluding hydrogens is 303 g/mol. The van der Waals surface area contributed by atoms with Crippen LogP contribution in [0, 0.1) is 5.82 Å². The number of amides is 1. The van der Waals surface area contributed by atoms with E-state index in [0.29, 0.717) is 6.42 Å². The molecule has 3 atom stereocenters. The number of nitrogens with zero attached hydrogens (tertiary/aromatic N) is 1. The number of benzene rings is 2. The first-order chi connectivity index (χ1) is 11.6. The van der Waals surface area contributed by atoms with Gasteiger partial charge in [0.05, 0.1) is 6.04 Å². The standard InChI is InChI=1S/C20H21FN2O/c21-16-8-5-13(6-9-16)15-11-19(20(22)24)23(12-15)18-10-7-14-3-1-2-4-17(14)18/h1-6,8-9,15,18-19H,7,10-12H2,(H2,22,24)/t15?,18-,19?/m1/s1. The first-order valence-electron chi connectivity index (χ1n) is 8.52. The van der Waals surface area contributed by atoms with Crippen molar-refractivity contribution in [3.05, 3.63) is 71.0 Å². The van der Waals surface area contributed by atoms with Crippen LogP contribution in [-0.4, -0.2) is 23.4 Å². The van der Waals surface area contributed by atoms with Gasteiger partial charge in [-0.3, -0.25) is 9.69 Å². The molecule has 4 heteroatoms. The van der Waals surface area contributed by atoms with Crippen molar-refractivity contribution in [1.82, 2.24) is 4.90 Å². The van der Waals surface area contributed by atoms with E-state index in [1.54, 1.807) is 0 Å². The smallest absolute Gasteiger partial charge is 0.234 e. The lowest BCUT2D eigenvalue weighted by atomic mass is 9.96. The second kappa shape index (κ2) is 6.02. The molecule has 0 radical (unpaired) electrons. The number of primary amides is 1. The third kappa shape index (κ3) is 2.61. The summed E-state index contributed by atoms with van der Waals surface area (Å²) in [5.41, 5.74) is 9.47. The molecule has 24 heavy (non-hydrogen) atoms. The van der Waals surface area contributed by atoms with E-state index in [2.05, 4.69) is 29.2 Å². The van der Waals surface area contributed by atoms with E-state index >= 15 is 0 Å². The fourth-order valence-corrected chi connectivity index (χ4v) is 4.34. The van der Waals surface area contributed by atoms with Gasteiger partial charge in [-0.2, -0.15) is 0 Å². The summed E-state index contributed by atoms with van der Waals surface area (Å²) in [4.78, 5) is 14.3. The molecule has 0 saturated carbocycles. The SMILES string of the molecule is NC(=O)C1CC(c2ccc(F)cc2)CN1[C@@H]1CCc2ccccc21.